The van der Waals surface area contributed by atoms with Gasteiger partial charge in [0.2, 0.25) is 0 Å². The van der Waals surface area contributed by atoms with Crippen molar-refractivity contribution in [3.05, 3.63) is 24.3 Å². The van der Waals surface area contributed by atoms with Gasteiger partial charge < -0.3 is 29.0 Å². The van der Waals surface area contributed by atoms with Gasteiger partial charge in [-0.25, -0.2) is 0 Å². The Morgan fingerprint density at radius 3 is 1.70 bits per heavy atom. The van der Waals surface area contributed by atoms with Gasteiger partial charge in [0, 0.05) is 26.2 Å². The molecule has 3 atom stereocenters. The van der Waals surface area contributed by atoms with Gasteiger partial charge in [0.25, 0.3) is 0 Å². The molecule has 0 aliphatic heterocycles. The summed E-state index contributed by atoms with van der Waals surface area (Å²) >= 11 is 0. The minimum Gasteiger partial charge on any atom is -0.481 e. The molecule has 0 aromatic carbocycles. The molecule has 0 amide bonds. The summed E-state index contributed by atoms with van der Waals surface area (Å²) in [6.07, 6.45) is 32.6. The number of esters is 2. The third kappa shape index (κ3) is 35.0. The molecule has 0 aliphatic rings. The molecule has 0 heterocycles. The van der Waals surface area contributed by atoms with Crippen molar-refractivity contribution in [1.29, 1.82) is 0 Å². The smallest absolute Gasteiger partial charge is 0.310 e. The Kier molecular flexibility index (Phi) is 38.0. The van der Waals surface area contributed by atoms with Crippen LogP contribution >= 0.6 is 0 Å². The number of carbonyl (C=O) groups excluding carboxylic acids is 2. The molecule has 0 saturated carbocycles. The predicted molar refractivity (Wildman–Crippen MR) is 231 cm³/mol. The Morgan fingerprint density at radius 1 is 0.625 bits per heavy atom. The number of nitrogens with zero attached hydrogens (tertiary/aromatic N) is 1. The van der Waals surface area contributed by atoms with Gasteiger partial charge in [-0.3, -0.25) is 14.4 Å². The van der Waals surface area contributed by atoms with Crippen LogP contribution in [0.25, 0.3) is 0 Å². The molecule has 3 unspecified atom stereocenters. The molecular formula is C47H87NO8. The fraction of sp³-hybridized carbons (Fsp3) is 0.851. The number of carboxylic acids is 1. The fourth-order valence-corrected chi connectivity index (χ4v) is 6.55. The van der Waals surface area contributed by atoms with Crippen molar-refractivity contribution >= 4 is 17.9 Å². The van der Waals surface area contributed by atoms with E-state index in [0.29, 0.717) is 32.6 Å². The highest BCUT2D eigenvalue weighted by atomic mass is 16.7. The molecule has 1 N–H and O–H groups in total. The van der Waals surface area contributed by atoms with Crippen LogP contribution in [0.3, 0.4) is 0 Å². The Balaban J connectivity index is 5.36. The summed E-state index contributed by atoms with van der Waals surface area (Å²) in [4.78, 5) is 40.2. The highest BCUT2D eigenvalue weighted by Crippen LogP contribution is 2.25. The number of hydrogen-bond donors (Lipinski definition) is 1. The fourth-order valence-electron chi connectivity index (χ4n) is 6.55. The van der Waals surface area contributed by atoms with E-state index in [1.807, 2.05) is 25.9 Å². The third-order valence-corrected chi connectivity index (χ3v) is 10.1. The molecular weight excluding hydrogens is 707 g/mol. The number of aliphatic carboxylic acids is 1. The predicted octanol–water partition coefficient (Wildman–Crippen LogP) is 12.0. The number of carboxylic acid groups (broad SMARTS) is 1. The minimum absolute atomic E-state index is 0.0946. The maximum absolute atomic E-state index is 13.4. The van der Waals surface area contributed by atoms with Gasteiger partial charge in [-0.1, -0.05) is 135 Å². The molecule has 9 nitrogen and oxygen atoms in total. The van der Waals surface area contributed by atoms with E-state index in [1.54, 1.807) is 0 Å². The van der Waals surface area contributed by atoms with Crippen LogP contribution in [0.4, 0.5) is 0 Å². The van der Waals surface area contributed by atoms with E-state index in [-0.39, 0.29) is 37.8 Å². The Labute approximate surface area is 344 Å². The van der Waals surface area contributed by atoms with Crippen LogP contribution < -0.4 is 0 Å². The van der Waals surface area contributed by atoms with Crippen LogP contribution in [0.5, 0.6) is 0 Å². The normalized spacial score (nSPS) is 13.6. The van der Waals surface area contributed by atoms with Gasteiger partial charge in [-0.15, -0.1) is 0 Å². The number of ether oxygens (including phenoxy) is 4. The average Bonchev–Trinajstić information content (AvgIpc) is 3.17. The maximum Gasteiger partial charge on any atom is 0.310 e. The van der Waals surface area contributed by atoms with Gasteiger partial charge in [0.1, 0.15) is 6.10 Å². The first-order valence-corrected chi connectivity index (χ1v) is 22.9. The molecule has 0 aromatic rings. The Hall–Kier alpha value is -2.23. The second-order valence-electron chi connectivity index (χ2n) is 16.1. The lowest BCUT2D eigenvalue weighted by atomic mass is 9.88. The van der Waals surface area contributed by atoms with Gasteiger partial charge in [-0.05, 0) is 84.2 Å². The first kappa shape index (κ1) is 53.8. The van der Waals surface area contributed by atoms with Crippen LogP contribution in [-0.2, 0) is 33.3 Å². The number of allylic oxidation sites excluding steroid dienone is 4. The van der Waals surface area contributed by atoms with Crippen LogP contribution in [0.1, 0.15) is 195 Å². The summed E-state index contributed by atoms with van der Waals surface area (Å²) in [5, 5.41) is 10.4. The van der Waals surface area contributed by atoms with Crippen molar-refractivity contribution in [2.75, 3.05) is 40.5 Å². The molecule has 0 saturated heterocycles. The zero-order valence-electron chi connectivity index (χ0n) is 37.1. The van der Waals surface area contributed by atoms with Crippen LogP contribution in [0.2, 0.25) is 0 Å². The van der Waals surface area contributed by atoms with Crippen LogP contribution in [0.15, 0.2) is 24.3 Å². The summed E-state index contributed by atoms with van der Waals surface area (Å²) in [6.45, 7) is 10.4. The van der Waals surface area contributed by atoms with Crippen molar-refractivity contribution in [3.8, 4) is 0 Å². The standard InChI is InChI=1S/C47H87NO8/c1-7-10-13-16-19-20-21-22-23-24-25-26-29-32-43(42(47(51)52)39-41(4)40-55-44(49)35-36-48(5)6)56-45(50)33-34-46(53-37-30-27-17-14-11-8-2)54-38-31-28-18-15-12-9-3/h19-20,22-23,41-43,46H,7-18,21,24-40H2,1-6H3,(H,51,52)/b20-19-,23-22-. The van der Waals surface area contributed by atoms with Gasteiger partial charge in [0.15, 0.2) is 6.29 Å². The molecule has 0 fully saturated rings. The monoisotopic (exact) mass is 794 g/mol. The van der Waals surface area contributed by atoms with Crippen molar-refractivity contribution < 1.29 is 38.4 Å². The molecule has 56 heavy (non-hydrogen) atoms. The van der Waals surface area contributed by atoms with Crippen molar-refractivity contribution in [3.63, 3.8) is 0 Å². The first-order chi connectivity index (χ1) is 27.1. The summed E-state index contributed by atoms with van der Waals surface area (Å²) in [6, 6.07) is 0. The van der Waals surface area contributed by atoms with Gasteiger partial charge in [-0.2, -0.15) is 0 Å². The molecule has 0 spiro atoms. The lowest BCUT2D eigenvalue weighted by Crippen LogP contribution is -2.35. The highest BCUT2D eigenvalue weighted by molar-refractivity contribution is 5.73. The third-order valence-electron chi connectivity index (χ3n) is 10.1. The van der Waals surface area contributed by atoms with Crippen LogP contribution in [-0.4, -0.2) is 80.8 Å². The van der Waals surface area contributed by atoms with E-state index in [9.17, 15) is 19.5 Å². The van der Waals surface area contributed by atoms with E-state index >= 15 is 0 Å². The second-order valence-corrected chi connectivity index (χ2v) is 16.1. The molecule has 0 radical (unpaired) electrons. The Bertz CT molecular complexity index is 965. The summed E-state index contributed by atoms with van der Waals surface area (Å²) in [5.74, 6) is -2.83. The lowest BCUT2D eigenvalue weighted by Gasteiger charge is -2.27. The SMILES string of the molecule is CCCCC/C=C\C/C=C\CCCCCC(OC(=O)CCC(OCCCCCCCC)OCCCCCCCC)C(CC(C)COC(=O)CCN(C)C)C(=O)O. The molecule has 9 heteroatoms. The number of unbranched alkanes of at least 4 members (excludes halogenated alkanes) is 16. The average molecular weight is 794 g/mol. The number of hydrogen-bond acceptors (Lipinski definition) is 8. The number of carbonyl (C=O) groups is 3. The van der Waals surface area contributed by atoms with Crippen molar-refractivity contribution in [2.45, 2.75) is 207 Å². The summed E-state index contributed by atoms with van der Waals surface area (Å²) in [7, 11) is 3.79. The molecule has 0 aromatic heterocycles. The van der Waals surface area contributed by atoms with E-state index in [0.717, 1.165) is 64.2 Å². The van der Waals surface area contributed by atoms with E-state index in [2.05, 4.69) is 45.1 Å². The quantitative estimate of drug-likeness (QED) is 0.0280. The van der Waals surface area contributed by atoms with Crippen LogP contribution in [0, 0.1) is 11.8 Å². The minimum atomic E-state index is -0.998. The first-order valence-electron chi connectivity index (χ1n) is 22.9. The molecule has 0 bridgehead atoms. The number of rotatable bonds is 41. The zero-order valence-corrected chi connectivity index (χ0v) is 37.1. The molecule has 0 rings (SSSR count). The molecule has 328 valence electrons. The van der Waals surface area contributed by atoms with Crippen molar-refractivity contribution in [2.24, 2.45) is 11.8 Å². The highest BCUT2D eigenvalue weighted by Gasteiger charge is 2.33. The van der Waals surface area contributed by atoms with Gasteiger partial charge >= 0.3 is 17.9 Å². The van der Waals surface area contributed by atoms with E-state index in [4.69, 9.17) is 18.9 Å². The van der Waals surface area contributed by atoms with Gasteiger partial charge in [0.05, 0.1) is 25.4 Å². The zero-order chi connectivity index (χ0) is 41.5. The maximum atomic E-state index is 13.4. The second kappa shape index (κ2) is 39.6. The topological polar surface area (TPSA) is 112 Å². The summed E-state index contributed by atoms with van der Waals surface area (Å²) in [5.41, 5.74) is 0. The molecule has 0 aliphatic carbocycles. The lowest BCUT2D eigenvalue weighted by molar-refractivity contribution is -0.168. The van der Waals surface area contributed by atoms with E-state index < -0.39 is 30.3 Å². The largest absolute Gasteiger partial charge is 0.481 e. The van der Waals surface area contributed by atoms with E-state index in [1.165, 1.54) is 70.6 Å². The Morgan fingerprint density at radius 2 is 1.14 bits per heavy atom. The van der Waals surface area contributed by atoms with Crippen molar-refractivity contribution in [1.82, 2.24) is 4.90 Å². The summed E-state index contributed by atoms with van der Waals surface area (Å²) < 4.78 is 23.8.